The van der Waals surface area contributed by atoms with Gasteiger partial charge < -0.3 is 15.1 Å². The van der Waals surface area contributed by atoms with E-state index in [2.05, 4.69) is 15.3 Å². The van der Waals surface area contributed by atoms with E-state index in [1.165, 1.54) is 18.9 Å². The first-order valence-corrected chi connectivity index (χ1v) is 5.67. The van der Waals surface area contributed by atoms with E-state index >= 15 is 0 Å². The zero-order valence-corrected chi connectivity index (χ0v) is 9.44. The number of thioether (sulfide) groups is 1. The van der Waals surface area contributed by atoms with Crippen LogP contribution in [-0.4, -0.2) is 40.8 Å². The summed E-state index contributed by atoms with van der Waals surface area (Å²) in [5, 5.41) is 6.12. The van der Waals surface area contributed by atoms with E-state index in [0.29, 0.717) is 6.42 Å². The third-order valence-electron chi connectivity index (χ3n) is 2.23. The molecule has 16 heavy (non-hydrogen) atoms. The average Bonchev–Trinajstić information content (AvgIpc) is 2.25. The number of rotatable bonds is 3. The Balaban J connectivity index is 1.86. The van der Waals surface area contributed by atoms with Crippen LogP contribution < -0.4 is 5.32 Å². The van der Waals surface area contributed by atoms with Crippen molar-refractivity contribution in [2.75, 3.05) is 7.11 Å². The Bertz CT molecular complexity index is 369. The maximum atomic E-state index is 11.3. The van der Waals surface area contributed by atoms with Gasteiger partial charge in [0.05, 0.1) is 17.2 Å². The molecule has 2 rings (SSSR count). The van der Waals surface area contributed by atoms with Crippen molar-refractivity contribution in [1.29, 1.82) is 0 Å². The molecular formula is C9H11N3O3S. The largest absolute Gasteiger partial charge is 0.399 e. The maximum absolute atomic E-state index is 11.3. The molecule has 0 aromatic heterocycles. The highest BCUT2D eigenvalue weighted by molar-refractivity contribution is 8.00. The van der Waals surface area contributed by atoms with Crippen molar-refractivity contribution in [2.24, 2.45) is 5.16 Å². The lowest BCUT2D eigenvalue weighted by Gasteiger charge is -2.41. The molecule has 0 aromatic rings. The van der Waals surface area contributed by atoms with Crippen LogP contribution in [0.15, 0.2) is 17.4 Å². The van der Waals surface area contributed by atoms with Crippen molar-refractivity contribution in [3.8, 4) is 0 Å². The number of oxime groups is 1. The monoisotopic (exact) mass is 241 g/mol. The van der Waals surface area contributed by atoms with Crippen LogP contribution in [0.3, 0.4) is 0 Å². The molecule has 2 aliphatic heterocycles. The Hall–Kier alpha value is -1.50. The van der Waals surface area contributed by atoms with Gasteiger partial charge in [0, 0.05) is 6.20 Å². The highest BCUT2D eigenvalue weighted by Crippen LogP contribution is 2.35. The fourth-order valence-electron chi connectivity index (χ4n) is 1.44. The zero-order chi connectivity index (χ0) is 11.5. The topological polar surface area (TPSA) is 71.0 Å². The van der Waals surface area contributed by atoms with Crippen molar-refractivity contribution in [3.05, 3.63) is 12.3 Å². The van der Waals surface area contributed by atoms with Crippen LogP contribution >= 0.6 is 11.8 Å². The Labute approximate surface area is 96.7 Å². The van der Waals surface area contributed by atoms with Gasteiger partial charge in [0.1, 0.15) is 13.3 Å². The first-order chi connectivity index (χ1) is 7.70. The third kappa shape index (κ3) is 2.19. The minimum absolute atomic E-state index is 0.120. The number of hydrogen-bond donors (Lipinski definition) is 1. The van der Waals surface area contributed by atoms with Gasteiger partial charge in [-0.2, -0.15) is 0 Å². The number of fused-ring (bicyclic) bond motifs is 1. The van der Waals surface area contributed by atoms with E-state index in [0.717, 1.165) is 6.21 Å². The summed E-state index contributed by atoms with van der Waals surface area (Å²) in [4.78, 5) is 28.4. The number of amides is 2. The summed E-state index contributed by atoms with van der Waals surface area (Å²) in [5.41, 5.74) is 0. The minimum atomic E-state index is -0.317. The number of carbonyl (C=O) groups is 2. The second-order valence-electron chi connectivity index (χ2n) is 3.28. The summed E-state index contributed by atoms with van der Waals surface area (Å²) in [7, 11) is 1.37. The number of hydrogen-bond acceptors (Lipinski definition) is 5. The van der Waals surface area contributed by atoms with E-state index in [9.17, 15) is 9.59 Å². The van der Waals surface area contributed by atoms with Crippen LogP contribution in [0.2, 0.25) is 0 Å². The molecule has 6 nitrogen and oxygen atoms in total. The molecule has 0 radical (unpaired) electrons. The normalized spacial score (nSPS) is 27.6. The summed E-state index contributed by atoms with van der Waals surface area (Å²) in [6.45, 7) is 0. The lowest BCUT2D eigenvalue weighted by atomic mass is 10.2. The van der Waals surface area contributed by atoms with E-state index in [1.54, 1.807) is 17.2 Å². The van der Waals surface area contributed by atoms with Crippen LogP contribution in [0.1, 0.15) is 6.42 Å². The second kappa shape index (κ2) is 4.56. The number of nitrogens with zero attached hydrogens (tertiary/aromatic N) is 2. The van der Waals surface area contributed by atoms with Gasteiger partial charge in [0.25, 0.3) is 5.91 Å². The third-order valence-corrected chi connectivity index (χ3v) is 3.51. The standard InChI is InChI=1S/C9H11N3O3S/c1-15-10-5-6(13)11-7-2-3-12-8(14)4-9(12)16-7/h2-3,5,7,9H,4H2,1H3,(H,11,13)/t7?,9-/m1/s1. The first kappa shape index (κ1) is 11.0. The van der Waals surface area contributed by atoms with Gasteiger partial charge in [-0.3, -0.25) is 9.59 Å². The van der Waals surface area contributed by atoms with E-state index < -0.39 is 0 Å². The molecule has 0 aliphatic carbocycles. The van der Waals surface area contributed by atoms with Crippen molar-refractivity contribution in [2.45, 2.75) is 17.2 Å². The van der Waals surface area contributed by atoms with Crippen molar-refractivity contribution < 1.29 is 14.4 Å². The second-order valence-corrected chi connectivity index (χ2v) is 4.61. The van der Waals surface area contributed by atoms with Crippen molar-refractivity contribution in [3.63, 3.8) is 0 Å². The molecule has 0 bridgehead atoms. The van der Waals surface area contributed by atoms with Crippen LogP contribution in [0.5, 0.6) is 0 Å². The molecule has 1 saturated heterocycles. The Morgan fingerprint density at radius 2 is 2.62 bits per heavy atom. The quantitative estimate of drug-likeness (QED) is 0.425. The average molecular weight is 241 g/mol. The molecule has 2 amide bonds. The van der Waals surface area contributed by atoms with E-state index in [4.69, 9.17) is 0 Å². The first-order valence-electron chi connectivity index (χ1n) is 4.72. The van der Waals surface area contributed by atoms with Gasteiger partial charge in [-0.25, -0.2) is 0 Å². The van der Waals surface area contributed by atoms with Crippen LogP contribution in [0, 0.1) is 0 Å². The number of nitrogens with one attached hydrogen (secondary N) is 1. The van der Waals surface area contributed by atoms with Gasteiger partial charge in [0.15, 0.2) is 0 Å². The van der Waals surface area contributed by atoms with Gasteiger partial charge >= 0.3 is 0 Å². The Morgan fingerprint density at radius 3 is 3.25 bits per heavy atom. The minimum Gasteiger partial charge on any atom is -0.399 e. The molecule has 1 fully saturated rings. The fraction of sp³-hybridized carbons (Fsp3) is 0.444. The zero-order valence-electron chi connectivity index (χ0n) is 8.62. The molecule has 7 heteroatoms. The maximum Gasteiger partial charge on any atom is 0.266 e. The molecular weight excluding hydrogens is 230 g/mol. The lowest BCUT2D eigenvalue weighted by molar-refractivity contribution is -0.137. The summed E-state index contributed by atoms with van der Waals surface area (Å²) in [5.74, 6) is -0.192. The Kier molecular flexibility index (Phi) is 3.14. The highest BCUT2D eigenvalue weighted by atomic mass is 32.2. The summed E-state index contributed by atoms with van der Waals surface area (Å²) < 4.78 is 0. The predicted molar refractivity (Wildman–Crippen MR) is 59.4 cm³/mol. The predicted octanol–water partition coefficient (Wildman–Crippen LogP) is -0.120. The Morgan fingerprint density at radius 1 is 1.81 bits per heavy atom. The summed E-state index contributed by atoms with van der Waals surface area (Å²) in [6.07, 6.45) is 5.10. The molecule has 0 saturated carbocycles. The van der Waals surface area contributed by atoms with Crippen molar-refractivity contribution >= 4 is 29.8 Å². The molecule has 2 aliphatic rings. The highest BCUT2D eigenvalue weighted by Gasteiger charge is 2.39. The van der Waals surface area contributed by atoms with E-state index in [-0.39, 0.29) is 22.6 Å². The molecule has 0 aromatic carbocycles. The van der Waals surface area contributed by atoms with Crippen LogP contribution in [0.4, 0.5) is 0 Å². The smallest absolute Gasteiger partial charge is 0.266 e. The van der Waals surface area contributed by atoms with Gasteiger partial charge in [0.2, 0.25) is 5.91 Å². The van der Waals surface area contributed by atoms with Crippen LogP contribution in [0.25, 0.3) is 0 Å². The molecule has 0 spiro atoms. The van der Waals surface area contributed by atoms with Crippen molar-refractivity contribution in [1.82, 2.24) is 10.2 Å². The van der Waals surface area contributed by atoms with Gasteiger partial charge in [-0.1, -0.05) is 5.16 Å². The molecule has 1 unspecified atom stereocenters. The molecule has 1 N–H and O–H groups in total. The molecule has 2 heterocycles. The number of β-lactam (4-membered cyclic amide) rings is 1. The molecule has 2 atom stereocenters. The summed E-state index contributed by atoms with van der Waals surface area (Å²) >= 11 is 1.53. The molecule has 86 valence electrons. The van der Waals surface area contributed by atoms with Gasteiger partial charge in [-0.15, -0.1) is 11.8 Å². The van der Waals surface area contributed by atoms with E-state index in [1.807, 2.05) is 0 Å². The lowest BCUT2D eigenvalue weighted by Crippen LogP contribution is -2.51. The van der Waals surface area contributed by atoms with Gasteiger partial charge in [-0.05, 0) is 6.08 Å². The SMILES string of the molecule is CON=CC(=O)NC1C=CN2C(=O)C[C@H]2S1. The number of carbonyl (C=O) groups excluding carboxylic acids is 2. The van der Waals surface area contributed by atoms with Crippen LogP contribution in [-0.2, 0) is 14.4 Å². The summed E-state index contributed by atoms with van der Waals surface area (Å²) in [6, 6.07) is 0. The fourth-order valence-corrected chi connectivity index (χ4v) is 2.68.